The number of aliphatic hydroxyl groups is 1. The number of benzene rings is 2. The van der Waals surface area contributed by atoms with Crippen molar-refractivity contribution in [1.82, 2.24) is 0 Å². The molecule has 1 atom stereocenters. The van der Waals surface area contributed by atoms with E-state index in [1.807, 2.05) is 0 Å². The van der Waals surface area contributed by atoms with Gasteiger partial charge in [0.1, 0.15) is 11.9 Å². The van der Waals surface area contributed by atoms with Gasteiger partial charge in [0, 0.05) is 9.58 Å². The fourth-order valence-electron chi connectivity index (χ4n) is 2.02. The molecule has 0 amide bonds. The van der Waals surface area contributed by atoms with E-state index in [-0.39, 0.29) is 5.82 Å². The predicted molar refractivity (Wildman–Crippen MR) is 82.3 cm³/mol. The Kier molecular flexibility index (Phi) is 3.69. The molecule has 0 aliphatic heterocycles. The highest BCUT2D eigenvalue weighted by molar-refractivity contribution is 7.19. The minimum Gasteiger partial charge on any atom is -0.383 e. The van der Waals surface area contributed by atoms with Crippen LogP contribution in [0.5, 0.6) is 0 Å². The molecule has 0 bridgehead atoms. The molecule has 5 heteroatoms. The van der Waals surface area contributed by atoms with Gasteiger partial charge in [-0.1, -0.05) is 29.3 Å². The largest absolute Gasteiger partial charge is 0.383 e. The smallest absolute Gasteiger partial charge is 0.123 e. The maximum absolute atomic E-state index is 13.2. The van der Waals surface area contributed by atoms with Gasteiger partial charge in [0.15, 0.2) is 0 Å². The Morgan fingerprint density at radius 3 is 2.55 bits per heavy atom. The first kappa shape index (κ1) is 13.8. The quantitative estimate of drug-likeness (QED) is 0.665. The summed E-state index contributed by atoms with van der Waals surface area (Å²) in [6.45, 7) is 0. The van der Waals surface area contributed by atoms with Gasteiger partial charge in [-0.25, -0.2) is 4.39 Å². The van der Waals surface area contributed by atoms with E-state index in [9.17, 15) is 9.50 Å². The van der Waals surface area contributed by atoms with Crippen LogP contribution < -0.4 is 0 Å². The summed E-state index contributed by atoms with van der Waals surface area (Å²) >= 11 is 13.2. The first-order valence-corrected chi connectivity index (χ1v) is 7.44. The van der Waals surface area contributed by atoms with Crippen molar-refractivity contribution in [2.75, 3.05) is 0 Å². The van der Waals surface area contributed by atoms with Gasteiger partial charge >= 0.3 is 0 Å². The van der Waals surface area contributed by atoms with Crippen LogP contribution in [0.1, 0.15) is 16.5 Å². The van der Waals surface area contributed by atoms with Crippen molar-refractivity contribution in [3.8, 4) is 0 Å². The molecule has 1 unspecified atom stereocenters. The molecule has 20 heavy (non-hydrogen) atoms. The van der Waals surface area contributed by atoms with Gasteiger partial charge in [0.05, 0.1) is 10.0 Å². The molecule has 0 saturated heterocycles. The van der Waals surface area contributed by atoms with Crippen LogP contribution >= 0.6 is 34.5 Å². The van der Waals surface area contributed by atoms with Gasteiger partial charge < -0.3 is 5.11 Å². The van der Waals surface area contributed by atoms with E-state index >= 15 is 0 Å². The van der Waals surface area contributed by atoms with Crippen LogP contribution in [-0.2, 0) is 0 Å². The summed E-state index contributed by atoms with van der Waals surface area (Å²) in [6, 6.07) is 11.4. The Balaban J connectivity index is 2.02. The molecule has 3 aromatic rings. The van der Waals surface area contributed by atoms with Crippen LogP contribution in [-0.4, -0.2) is 5.11 Å². The Morgan fingerprint density at radius 1 is 1.00 bits per heavy atom. The van der Waals surface area contributed by atoms with Gasteiger partial charge in [0.2, 0.25) is 0 Å². The summed E-state index contributed by atoms with van der Waals surface area (Å²) in [6.07, 6.45) is -0.801. The van der Waals surface area contributed by atoms with E-state index in [0.29, 0.717) is 15.6 Å². The van der Waals surface area contributed by atoms with Crippen LogP contribution in [0.4, 0.5) is 4.39 Å². The van der Waals surface area contributed by atoms with E-state index in [4.69, 9.17) is 23.2 Å². The van der Waals surface area contributed by atoms with Gasteiger partial charge in [-0.05, 0) is 47.3 Å². The number of aliphatic hydroxyl groups excluding tert-OH is 1. The van der Waals surface area contributed by atoms with E-state index in [0.717, 1.165) is 15.0 Å². The molecule has 1 nitrogen and oxygen atoms in total. The van der Waals surface area contributed by atoms with E-state index in [2.05, 4.69) is 0 Å². The van der Waals surface area contributed by atoms with Crippen molar-refractivity contribution in [1.29, 1.82) is 0 Å². The average molecular weight is 327 g/mol. The van der Waals surface area contributed by atoms with Crippen LogP contribution in [0.25, 0.3) is 10.1 Å². The second-order valence-electron chi connectivity index (χ2n) is 4.41. The fourth-order valence-corrected chi connectivity index (χ4v) is 3.38. The van der Waals surface area contributed by atoms with E-state index < -0.39 is 6.10 Å². The number of hydrogen-bond acceptors (Lipinski definition) is 2. The molecule has 0 radical (unpaired) electrons. The first-order valence-electron chi connectivity index (χ1n) is 5.86. The van der Waals surface area contributed by atoms with Crippen molar-refractivity contribution in [2.24, 2.45) is 0 Å². The number of halogens is 3. The number of fused-ring (bicyclic) bond motifs is 1. The lowest BCUT2D eigenvalue weighted by Gasteiger charge is -2.09. The lowest BCUT2D eigenvalue weighted by atomic mass is 10.1. The molecule has 102 valence electrons. The molecule has 0 saturated carbocycles. The SMILES string of the molecule is OC(c1ccc(Cl)c(Cl)c1)c1cc2cc(F)ccc2s1. The molecule has 0 aliphatic carbocycles. The van der Waals surface area contributed by atoms with Gasteiger partial charge in [0.25, 0.3) is 0 Å². The molecule has 0 fully saturated rings. The van der Waals surface area contributed by atoms with Crippen molar-refractivity contribution in [3.05, 3.63) is 68.8 Å². The predicted octanol–water partition coefficient (Wildman–Crippen LogP) is 5.43. The van der Waals surface area contributed by atoms with Gasteiger partial charge in [-0.2, -0.15) is 0 Å². The van der Waals surface area contributed by atoms with Crippen LogP contribution in [0, 0.1) is 5.82 Å². The monoisotopic (exact) mass is 326 g/mol. The minimum absolute atomic E-state index is 0.286. The summed E-state index contributed by atoms with van der Waals surface area (Å²) in [5.74, 6) is -0.286. The summed E-state index contributed by atoms with van der Waals surface area (Å²) in [7, 11) is 0. The lowest BCUT2D eigenvalue weighted by Crippen LogP contribution is -1.96. The molecular formula is C15H9Cl2FOS. The summed E-state index contributed by atoms with van der Waals surface area (Å²) < 4.78 is 14.1. The third-order valence-corrected chi connectivity index (χ3v) is 4.93. The van der Waals surface area contributed by atoms with Crippen LogP contribution in [0.2, 0.25) is 10.0 Å². The molecule has 3 rings (SSSR count). The molecule has 1 aromatic heterocycles. The standard InChI is InChI=1S/C15H9Cl2FOS/c16-11-3-1-8(6-12(11)17)15(19)14-7-9-5-10(18)2-4-13(9)20-14/h1-7,15,19H. The maximum atomic E-state index is 13.2. The average Bonchev–Trinajstić information content (AvgIpc) is 2.84. The van der Waals surface area contributed by atoms with Gasteiger partial charge in [-0.3, -0.25) is 0 Å². The van der Waals surface area contributed by atoms with Crippen molar-refractivity contribution < 1.29 is 9.50 Å². The first-order chi connectivity index (χ1) is 9.54. The topological polar surface area (TPSA) is 20.2 Å². The summed E-state index contributed by atoms with van der Waals surface area (Å²) in [4.78, 5) is 0.740. The zero-order chi connectivity index (χ0) is 14.3. The van der Waals surface area contributed by atoms with Crippen LogP contribution in [0.3, 0.4) is 0 Å². The number of rotatable bonds is 2. The third-order valence-electron chi connectivity index (χ3n) is 3.03. The molecule has 0 aliphatic rings. The lowest BCUT2D eigenvalue weighted by molar-refractivity contribution is 0.224. The second kappa shape index (κ2) is 5.34. The normalized spacial score (nSPS) is 12.8. The molecule has 1 N–H and O–H groups in total. The highest BCUT2D eigenvalue weighted by atomic mass is 35.5. The summed E-state index contributed by atoms with van der Waals surface area (Å²) in [5, 5.41) is 12.0. The third kappa shape index (κ3) is 2.54. The Morgan fingerprint density at radius 2 is 1.80 bits per heavy atom. The molecule has 2 aromatic carbocycles. The zero-order valence-electron chi connectivity index (χ0n) is 10.1. The number of thiophene rings is 1. The van der Waals surface area contributed by atoms with E-state index in [1.165, 1.54) is 23.5 Å². The maximum Gasteiger partial charge on any atom is 0.123 e. The van der Waals surface area contributed by atoms with Crippen molar-refractivity contribution in [2.45, 2.75) is 6.10 Å². The highest BCUT2D eigenvalue weighted by Gasteiger charge is 2.15. The summed E-state index contributed by atoms with van der Waals surface area (Å²) in [5.41, 5.74) is 0.659. The van der Waals surface area contributed by atoms with Gasteiger partial charge in [-0.15, -0.1) is 11.3 Å². The molecule has 0 spiro atoms. The Hall–Kier alpha value is -1.13. The minimum atomic E-state index is -0.801. The zero-order valence-corrected chi connectivity index (χ0v) is 12.4. The second-order valence-corrected chi connectivity index (χ2v) is 6.34. The highest BCUT2D eigenvalue weighted by Crippen LogP contribution is 2.35. The van der Waals surface area contributed by atoms with Crippen LogP contribution in [0.15, 0.2) is 42.5 Å². The van der Waals surface area contributed by atoms with Crippen molar-refractivity contribution >= 4 is 44.6 Å². The Bertz CT molecular complexity index is 785. The molecular weight excluding hydrogens is 318 g/mol. The van der Waals surface area contributed by atoms with E-state index in [1.54, 1.807) is 30.3 Å². The number of hydrogen-bond donors (Lipinski definition) is 1. The van der Waals surface area contributed by atoms with Crippen molar-refractivity contribution in [3.63, 3.8) is 0 Å². The molecule has 1 heterocycles. The fraction of sp³-hybridized carbons (Fsp3) is 0.0667. The Labute approximate surface area is 129 Å².